The van der Waals surface area contributed by atoms with Gasteiger partial charge in [-0.25, -0.2) is 0 Å². The highest BCUT2D eigenvalue weighted by atomic mass is 16.5. The third kappa shape index (κ3) is 5.34. The van der Waals surface area contributed by atoms with E-state index in [9.17, 15) is 4.79 Å². The molecule has 0 radical (unpaired) electrons. The van der Waals surface area contributed by atoms with Crippen LogP contribution in [-0.4, -0.2) is 45.0 Å². The van der Waals surface area contributed by atoms with Crippen LogP contribution in [0.3, 0.4) is 0 Å². The van der Waals surface area contributed by atoms with Crippen LogP contribution in [0.15, 0.2) is 18.2 Å². The van der Waals surface area contributed by atoms with Crippen LogP contribution >= 0.6 is 0 Å². The molecule has 0 aromatic heterocycles. The van der Waals surface area contributed by atoms with Gasteiger partial charge in [0.15, 0.2) is 11.5 Å². The number of amides is 1. The predicted octanol–water partition coefficient (Wildman–Crippen LogP) is 2.44. The summed E-state index contributed by atoms with van der Waals surface area (Å²) < 4.78 is 22.3. The Bertz CT molecular complexity index is 565. The molecule has 138 valence electrons. The summed E-state index contributed by atoms with van der Waals surface area (Å²) in [6.45, 7) is 2.58. The SMILES string of the molecule is COc1cc(CNC(=O)C[C@H]2CCCO2)ccc1OC[C@H]1CCCO1. The first-order valence-corrected chi connectivity index (χ1v) is 9.04. The van der Waals surface area contributed by atoms with Gasteiger partial charge < -0.3 is 24.3 Å². The van der Waals surface area contributed by atoms with E-state index in [0.29, 0.717) is 31.1 Å². The molecular weight excluding hydrogens is 322 g/mol. The molecule has 25 heavy (non-hydrogen) atoms. The van der Waals surface area contributed by atoms with Crippen LogP contribution in [0.4, 0.5) is 0 Å². The minimum absolute atomic E-state index is 0.0181. The van der Waals surface area contributed by atoms with Gasteiger partial charge in [-0.1, -0.05) is 6.07 Å². The Kier molecular flexibility index (Phi) is 6.53. The van der Waals surface area contributed by atoms with Gasteiger partial charge in [-0.05, 0) is 43.4 Å². The zero-order chi connectivity index (χ0) is 17.5. The van der Waals surface area contributed by atoms with Crippen LogP contribution in [-0.2, 0) is 20.8 Å². The maximum Gasteiger partial charge on any atom is 0.222 e. The molecule has 2 heterocycles. The first-order chi connectivity index (χ1) is 12.2. The molecular formula is C19H27NO5. The third-order valence-electron chi connectivity index (χ3n) is 4.60. The van der Waals surface area contributed by atoms with Gasteiger partial charge in [0, 0.05) is 19.8 Å². The van der Waals surface area contributed by atoms with E-state index < -0.39 is 0 Å². The lowest BCUT2D eigenvalue weighted by atomic mass is 10.1. The molecule has 0 saturated carbocycles. The average molecular weight is 349 g/mol. The predicted molar refractivity (Wildman–Crippen MR) is 92.9 cm³/mol. The fourth-order valence-corrected chi connectivity index (χ4v) is 3.18. The Hall–Kier alpha value is -1.79. The molecule has 1 N–H and O–H groups in total. The lowest BCUT2D eigenvalue weighted by molar-refractivity contribution is -0.123. The monoisotopic (exact) mass is 349 g/mol. The quantitative estimate of drug-likeness (QED) is 0.781. The van der Waals surface area contributed by atoms with Crippen LogP contribution in [0.5, 0.6) is 11.5 Å². The number of carbonyl (C=O) groups is 1. The summed E-state index contributed by atoms with van der Waals surface area (Å²) >= 11 is 0. The molecule has 1 aromatic carbocycles. The van der Waals surface area contributed by atoms with E-state index >= 15 is 0 Å². The van der Waals surface area contributed by atoms with Crippen LogP contribution < -0.4 is 14.8 Å². The van der Waals surface area contributed by atoms with E-state index in [1.165, 1.54) is 0 Å². The smallest absolute Gasteiger partial charge is 0.222 e. The molecule has 0 bridgehead atoms. The second kappa shape index (κ2) is 9.06. The average Bonchev–Trinajstić information content (AvgIpc) is 3.32. The molecule has 0 spiro atoms. The van der Waals surface area contributed by atoms with Gasteiger partial charge in [0.25, 0.3) is 0 Å². The normalized spacial score (nSPS) is 22.8. The largest absolute Gasteiger partial charge is 0.493 e. The molecule has 3 rings (SSSR count). The Morgan fingerprint density at radius 1 is 1.16 bits per heavy atom. The first kappa shape index (κ1) is 18.0. The second-order valence-electron chi connectivity index (χ2n) is 6.55. The second-order valence-corrected chi connectivity index (χ2v) is 6.55. The van der Waals surface area contributed by atoms with Gasteiger partial charge in [0.1, 0.15) is 6.61 Å². The molecule has 0 aliphatic carbocycles. The number of hydrogen-bond acceptors (Lipinski definition) is 5. The summed E-state index contributed by atoms with van der Waals surface area (Å²) in [7, 11) is 1.62. The van der Waals surface area contributed by atoms with E-state index in [1.54, 1.807) is 7.11 Å². The molecule has 6 heteroatoms. The van der Waals surface area contributed by atoms with Crippen molar-refractivity contribution in [3.8, 4) is 11.5 Å². The van der Waals surface area contributed by atoms with Crippen molar-refractivity contribution < 1.29 is 23.7 Å². The number of benzene rings is 1. The van der Waals surface area contributed by atoms with E-state index in [2.05, 4.69) is 5.32 Å². The maximum absolute atomic E-state index is 12.0. The van der Waals surface area contributed by atoms with Crippen molar-refractivity contribution in [2.75, 3.05) is 26.9 Å². The summed E-state index contributed by atoms with van der Waals surface area (Å²) in [6, 6.07) is 5.73. The zero-order valence-corrected chi connectivity index (χ0v) is 14.8. The van der Waals surface area contributed by atoms with Crippen LogP contribution in [0.25, 0.3) is 0 Å². The summed E-state index contributed by atoms with van der Waals surface area (Å²) in [6.07, 6.45) is 4.82. The molecule has 0 unspecified atom stereocenters. The number of nitrogens with one attached hydrogen (secondary N) is 1. The van der Waals surface area contributed by atoms with Gasteiger partial charge in [-0.3, -0.25) is 4.79 Å². The van der Waals surface area contributed by atoms with Crippen molar-refractivity contribution in [2.45, 2.75) is 50.9 Å². The van der Waals surface area contributed by atoms with Gasteiger partial charge >= 0.3 is 0 Å². The number of carbonyl (C=O) groups excluding carboxylic acids is 1. The van der Waals surface area contributed by atoms with Crippen LogP contribution in [0, 0.1) is 0 Å². The van der Waals surface area contributed by atoms with Crippen molar-refractivity contribution in [3.05, 3.63) is 23.8 Å². The van der Waals surface area contributed by atoms with Gasteiger partial charge in [0.2, 0.25) is 5.91 Å². The Morgan fingerprint density at radius 3 is 2.60 bits per heavy atom. The van der Waals surface area contributed by atoms with Crippen molar-refractivity contribution in [2.24, 2.45) is 0 Å². The molecule has 2 fully saturated rings. The number of ether oxygens (including phenoxy) is 4. The van der Waals surface area contributed by atoms with Crippen molar-refractivity contribution in [1.29, 1.82) is 0 Å². The van der Waals surface area contributed by atoms with E-state index in [-0.39, 0.29) is 18.1 Å². The summed E-state index contributed by atoms with van der Waals surface area (Å²) in [5, 5.41) is 2.94. The standard InChI is InChI=1S/C19H27NO5/c1-22-18-10-14(12-20-19(21)11-15-4-2-8-23-15)6-7-17(18)25-13-16-5-3-9-24-16/h6-7,10,15-16H,2-5,8-9,11-13H2,1H3,(H,20,21)/t15-,16-/m1/s1. The first-order valence-electron chi connectivity index (χ1n) is 9.04. The summed E-state index contributed by atoms with van der Waals surface area (Å²) in [4.78, 5) is 12.0. The summed E-state index contributed by atoms with van der Waals surface area (Å²) in [5.74, 6) is 1.39. The van der Waals surface area contributed by atoms with Gasteiger partial charge in [0.05, 0.1) is 25.7 Å². The molecule has 2 atom stereocenters. The highest BCUT2D eigenvalue weighted by Gasteiger charge is 2.19. The van der Waals surface area contributed by atoms with E-state index in [1.807, 2.05) is 18.2 Å². The number of hydrogen-bond donors (Lipinski definition) is 1. The van der Waals surface area contributed by atoms with Crippen molar-refractivity contribution >= 4 is 5.91 Å². The van der Waals surface area contributed by atoms with Crippen LogP contribution in [0.2, 0.25) is 0 Å². The van der Waals surface area contributed by atoms with E-state index in [4.69, 9.17) is 18.9 Å². The molecule has 2 aliphatic heterocycles. The van der Waals surface area contributed by atoms with Gasteiger partial charge in [-0.15, -0.1) is 0 Å². The fraction of sp³-hybridized carbons (Fsp3) is 0.632. The number of methoxy groups -OCH3 is 1. The molecule has 2 saturated heterocycles. The lowest BCUT2D eigenvalue weighted by Gasteiger charge is -2.15. The minimum atomic E-state index is 0.0181. The Morgan fingerprint density at radius 2 is 1.92 bits per heavy atom. The topological polar surface area (TPSA) is 66.0 Å². The zero-order valence-electron chi connectivity index (χ0n) is 14.8. The van der Waals surface area contributed by atoms with Gasteiger partial charge in [-0.2, -0.15) is 0 Å². The fourth-order valence-electron chi connectivity index (χ4n) is 3.18. The highest BCUT2D eigenvalue weighted by molar-refractivity contribution is 5.76. The van der Waals surface area contributed by atoms with E-state index in [0.717, 1.165) is 44.5 Å². The summed E-state index contributed by atoms with van der Waals surface area (Å²) in [5.41, 5.74) is 0.974. The lowest BCUT2D eigenvalue weighted by Crippen LogP contribution is -2.26. The number of rotatable bonds is 8. The molecule has 6 nitrogen and oxygen atoms in total. The maximum atomic E-state index is 12.0. The van der Waals surface area contributed by atoms with Crippen molar-refractivity contribution in [1.82, 2.24) is 5.32 Å². The minimum Gasteiger partial charge on any atom is -0.493 e. The highest BCUT2D eigenvalue weighted by Crippen LogP contribution is 2.29. The van der Waals surface area contributed by atoms with Crippen molar-refractivity contribution in [3.63, 3.8) is 0 Å². The molecule has 2 aliphatic rings. The Labute approximate surface area is 148 Å². The van der Waals surface area contributed by atoms with Crippen LogP contribution in [0.1, 0.15) is 37.7 Å². The molecule has 1 aromatic rings. The molecule has 1 amide bonds. The third-order valence-corrected chi connectivity index (χ3v) is 4.60. The Balaban J connectivity index is 1.48.